The van der Waals surface area contributed by atoms with Gasteiger partial charge in [-0.15, -0.1) is 0 Å². The molecule has 0 radical (unpaired) electrons. The molecule has 1 amide bonds. The van der Waals surface area contributed by atoms with Gasteiger partial charge >= 0.3 is 11.9 Å². The summed E-state index contributed by atoms with van der Waals surface area (Å²) in [4.78, 5) is 36.0. The molecule has 0 aromatic heterocycles. The van der Waals surface area contributed by atoms with Gasteiger partial charge in [-0.05, 0) is 30.3 Å². The third kappa shape index (κ3) is 5.61. The first kappa shape index (κ1) is 21.5. The Kier molecular flexibility index (Phi) is 7.41. The van der Waals surface area contributed by atoms with Gasteiger partial charge in [-0.2, -0.15) is 0 Å². The summed E-state index contributed by atoms with van der Waals surface area (Å²) in [5, 5.41) is 5.58. The van der Waals surface area contributed by atoms with E-state index in [0.29, 0.717) is 22.9 Å². The predicted molar refractivity (Wildman–Crippen MR) is 106 cm³/mol. The lowest BCUT2D eigenvalue weighted by atomic mass is 10.1. The minimum atomic E-state index is -0.621. The highest BCUT2D eigenvalue weighted by Crippen LogP contribution is 2.28. The number of carbonyl (C=O) groups is 3. The van der Waals surface area contributed by atoms with Crippen molar-refractivity contribution in [2.24, 2.45) is 0 Å². The summed E-state index contributed by atoms with van der Waals surface area (Å²) in [7, 11) is 5.47. The second-order valence-electron chi connectivity index (χ2n) is 5.75. The quantitative estimate of drug-likeness (QED) is 0.647. The summed E-state index contributed by atoms with van der Waals surface area (Å²) in [6.07, 6.45) is 0. The zero-order valence-corrected chi connectivity index (χ0v) is 16.5. The van der Waals surface area contributed by atoms with Gasteiger partial charge in [0.05, 0.1) is 51.8 Å². The van der Waals surface area contributed by atoms with Crippen molar-refractivity contribution in [3.8, 4) is 11.5 Å². The molecule has 0 aliphatic rings. The molecule has 2 aromatic carbocycles. The molecule has 0 aliphatic heterocycles. The molecule has 9 nitrogen and oxygen atoms in total. The molecule has 0 saturated heterocycles. The molecule has 29 heavy (non-hydrogen) atoms. The molecule has 0 heterocycles. The summed E-state index contributed by atoms with van der Waals surface area (Å²) < 4.78 is 19.7. The van der Waals surface area contributed by atoms with Crippen LogP contribution in [0.1, 0.15) is 20.7 Å². The topological polar surface area (TPSA) is 112 Å². The second-order valence-corrected chi connectivity index (χ2v) is 5.75. The highest BCUT2D eigenvalue weighted by molar-refractivity contribution is 5.98. The molecule has 2 N–H and O–H groups in total. The van der Waals surface area contributed by atoms with Crippen LogP contribution in [0.15, 0.2) is 36.4 Å². The van der Waals surface area contributed by atoms with Gasteiger partial charge in [0.2, 0.25) is 5.91 Å². The molecule has 0 atom stereocenters. The third-order valence-electron chi connectivity index (χ3n) is 3.91. The van der Waals surface area contributed by atoms with Gasteiger partial charge in [0, 0.05) is 11.8 Å². The Hall–Kier alpha value is -3.75. The Labute approximate surface area is 167 Å². The molecule has 0 saturated carbocycles. The smallest absolute Gasteiger partial charge is 0.337 e. The molecule has 2 aromatic rings. The molecule has 0 fully saturated rings. The average Bonchev–Trinajstić information content (AvgIpc) is 2.76. The van der Waals surface area contributed by atoms with E-state index in [1.54, 1.807) is 18.2 Å². The first-order valence-electron chi connectivity index (χ1n) is 8.49. The van der Waals surface area contributed by atoms with E-state index in [4.69, 9.17) is 9.47 Å². The normalized spacial score (nSPS) is 9.93. The Bertz CT molecular complexity index is 877. The van der Waals surface area contributed by atoms with Crippen molar-refractivity contribution in [2.45, 2.75) is 0 Å². The van der Waals surface area contributed by atoms with Gasteiger partial charge in [-0.1, -0.05) is 0 Å². The number of esters is 2. The fourth-order valence-corrected chi connectivity index (χ4v) is 2.49. The van der Waals surface area contributed by atoms with Crippen LogP contribution in [0.25, 0.3) is 0 Å². The number of amides is 1. The summed E-state index contributed by atoms with van der Waals surface area (Å²) in [6.45, 7) is -0.133. The van der Waals surface area contributed by atoms with Gasteiger partial charge in [-0.3, -0.25) is 4.79 Å². The van der Waals surface area contributed by atoms with Crippen LogP contribution in [0.5, 0.6) is 11.5 Å². The maximum absolute atomic E-state index is 12.4. The number of nitrogens with one attached hydrogen (secondary N) is 2. The maximum atomic E-state index is 12.4. The zero-order valence-electron chi connectivity index (χ0n) is 16.5. The predicted octanol–water partition coefficient (Wildman–Crippen LogP) is 2.33. The van der Waals surface area contributed by atoms with E-state index in [1.807, 2.05) is 0 Å². The van der Waals surface area contributed by atoms with Crippen LogP contribution in [0.4, 0.5) is 11.4 Å². The highest BCUT2D eigenvalue weighted by atomic mass is 16.5. The number of methoxy groups -OCH3 is 4. The van der Waals surface area contributed by atoms with Crippen LogP contribution in [0, 0.1) is 0 Å². The second kappa shape index (κ2) is 9.98. The molecule has 0 bridgehead atoms. The average molecular weight is 402 g/mol. The standard InChI is InChI=1S/C20H22N2O7/c1-26-15-5-6-17(27-2)16(10-15)22-18(23)11-21-14-8-12(19(24)28-3)7-13(9-14)20(25)29-4/h5-10,21H,11H2,1-4H3,(H,22,23). The van der Waals surface area contributed by atoms with Gasteiger partial charge in [-0.25, -0.2) is 9.59 Å². The number of rotatable bonds is 8. The minimum Gasteiger partial charge on any atom is -0.497 e. The fraction of sp³-hybridized carbons (Fsp3) is 0.250. The van der Waals surface area contributed by atoms with Crippen molar-refractivity contribution < 1.29 is 33.3 Å². The van der Waals surface area contributed by atoms with Crippen LogP contribution >= 0.6 is 0 Å². The van der Waals surface area contributed by atoms with E-state index >= 15 is 0 Å². The van der Waals surface area contributed by atoms with E-state index in [9.17, 15) is 14.4 Å². The lowest BCUT2D eigenvalue weighted by Gasteiger charge is -2.13. The Balaban J connectivity index is 2.15. The summed E-state index contributed by atoms with van der Waals surface area (Å²) in [6, 6.07) is 9.30. The van der Waals surface area contributed by atoms with Crippen LogP contribution in [0.3, 0.4) is 0 Å². The van der Waals surface area contributed by atoms with Gasteiger partial charge in [0.1, 0.15) is 11.5 Å². The number of ether oxygens (including phenoxy) is 4. The number of benzene rings is 2. The van der Waals surface area contributed by atoms with Crippen molar-refractivity contribution in [1.82, 2.24) is 0 Å². The zero-order chi connectivity index (χ0) is 21.4. The molecular weight excluding hydrogens is 380 g/mol. The van der Waals surface area contributed by atoms with Crippen molar-refractivity contribution in [1.29, 1.82) is 0 Å². The largest absolute Gasteiger partial charge is 0.497 e. The Morgan fingerprint density at radius 3 is 1.97 bits per heavy atom. The lowest BCUT2D eigenvalue weighted by molar-refractivity contribution is -0.114. The summed E-state index contributed by atoms with van der Waals surface area (Å²) in [5.41, 5.74) is 1.11. The van der Waals surface area contributed by atoms with Crippen molar-refractivity contribution >= 4 is 29.2 Å². The van der Waals surface area contributed by atoms with Crippen molar-refractivity contribution in [2.75, 3.05) is 45.6 Å². The molecule has 2 rings (SSSR count). The van der Waals surface area contributed by atoms with E-state index in [2.05, 4.69) is 20.1 Å². The van der Waals surface area contributed by atoms with Crippen molar-refractivity contribution in [3.63, 3.8) is 0 Å². The number of hydrogen-bond acceptors (Lipinski definition) is 8. The first-order valence-corrected chi connectivity index (χ1v) is 8.49. The molecule has 9 heteroatoms. The fourth-order valence-electron chi connectivity index (χ4n) is 2.49. The minimum absolute atomic E-state index is 0.133. The third-order valence-corrected chi connectivity index (χ3v) is 3.91. The van der Waals surface area contributed by atoms with Crippen LogP contribution in [0.2, 0.25) is 0 Å². The Morgan fingerprint density at radius 1 is 0.828 bits per heavy atom. The van der Waals surface area contributed by atoms with Crippen LogP contribution in [-0.4, -0.2) is 52.8 Å². The molecule has 0 unspecified atom stereocenters. The maximum Gasteiger partial charge on any atom is 0.337 e. The SMILES string of the molecule is COC(=O)c1cc(NCC(=O)Nc2cc(OC)ccc2OC)cc(C(=O)OC)c1. The van der Waals surface area contributed by atoms with Gasteiger partial charge in [0.15, 0.2) is 0 Å². The summed E-state index contributed by atoms with van der Waals surface area (Å²) in [5.74, 6) is -0.587. The molecule has 0 aliphatic carbocycles. The number of carbonyl (C=O) groups excluding carboxylic acids is 3. The van der Waals surface area contributed by atoms with Crippen LogP contribution < -0.4 is 20.1 Å². The first-order chi connectivity index (χ1) is 13.9. The molecule has 0 spiro atoms. The van der Waals surface area contributed by atoms with E-state index in [0.717, 1.165) is 0 Å². The van der Waals surface area contributed by atoms with Gasteiger partial charge in [0.25, 0.3) is 0 Å². The number of anilines is 2. The van der Waals surface area contributed by atoms with E-state index in [1.165, 1.54) is 46.6 Å². The van der Waals surface area contributed by atoms with Crippen LogP contribution in [-0.2, 0) is 14.3 Å². The van der Waals surface area contributed by atoms with E-state index < -0.39 is 11.9 Å². The molecular formula is C20H22N2O7. The molecule has 154 valence electrons. The Morgan fingerprint density at radius 2 is 1.45 bits per heavy atom. The lowest BCUT2D eigenvalue weighted by Crippen LogP contribution is -2.22. The van der Waals surface area contributed by atoms with Gasteiger partial charge < -0.3 is 29.6 Å². The highest BCUT2D eigenvalue weighted by Gasteiger charge is 2.15. The monoisotopic (exact) mass is 402 g/mol. The van der Waals surface area contributed by atoms with E-state index in [-0.39, 0.29) is 23.6 Å². The number of hydrogen-bond donors (Lipinski definition) is 2. The van der Waals surface area contributed by atoms with Crippen molar-refractivity contribution in [3.05, 3.63) is 47.5 Å². The summed E-state index contributed by atoms with van der Waals surface area (Å²) >= 11 is 0.